The molecule has 2 saturated heterocycles. The second kappa shape index (κ2) is 7.25. The molecule has 3 rings (SSSR count). The molecule has 134 valence electrons. The second-order valence-corrected chi connectivity index (χ2v) is 6.65. The van der Waals surface area contributed by atoms with Gasteiger partial charge in [-0.25, -0.2) is 0 Å². The van der Waals surface area contributed by atoms with Gasteiger partial charge in [-0.05, 0) is 24.8 Å². The minimum atomic E-state index is -1.16. The third kappa shape index (κ3) is 3.36. The molecule has 5 atom stereocenters. The maximum Gasteiger partial charge on any atom is 0.306 e. The van der Waals surface area contributed by atoms with E-state index in [4.69, 9.17) is 19.7 Å². The Kier molecular flexibility index (Phi) is 5.27. The van der Waals surface area contributed by atoms with Crippen LogP contribution in [0.2, 0.25) is 0 Å². The summed E-state index contributed by atoms with van der Waals surface area (Å²) < 4.78 is 17.4. The van der Waals surface area contributed by atoms with Gasteiger partial charge in [-0.3, -0.25) is 4.79 Å². The van der Waals surface area contributed by atoms with Gasteiger partial charge in [0.15, 0.2) is 5.79 Å². The van der Waals surface area contributed by atoms with Crippen LogP contribution in [-0.2, 0) is 19.0 Å². The van der Waals surface area contributed by atoms with Crippen molar-refractivity contribution in [2.45, 2.75) is 81.2 Å². The fourth-order valence-electron chi connectivity index (χ4n) is 3.85. The van der Waals surface area contributed by atoms with Gasteiger partial charge in [0.1, 0.15) is 30.5 Å². The number of aliphatic hydroxyl groups is 2. The van der Waals surface area contributed by atoms with Crippen LogP contribution in [0.25, 0.3) is 10.4 Å². The molecule has 1 aliphatic carbocycles. The third-order valence-corrected chi connectivity index (χ3v) is 5.03. The summed E-state index contributed by atoms with van der Waals surface area (Å²) in [6.45, 7) is -0.492. The molecular weight excluding hydrogens is 318 g/mol. The molecule has 2 aliphatic heterocycles. The van der Waals surface area contributed by atoms with Crippen LogP contribution >= 0.6 is 0 Å². The van der Waals surface area contributed by atoms with E-state index in [0.717, 1.165) is 19.3 Å². The van der Waals surface area contributed by atoms with E-state index in [2.05, 4.69) is 10.0 Å². The van der Waals surface area contributed by atoms with Gasteiger partial charge in [-0.2, -0.15) is 0 Å². The van der Waals surface area contributed by atoms with Crippen molar-refractivity contribution >= 4 is 5.97 Å². The quantitative estimate of drug-likeness (QED) is 0.333. The summed E-state index contributed by atoms with van der Waals surface area (Å²) in [5.41, 5.74) is 8.92. The number of hydrogen-bond acceptors (Lipinski definition) is 7. The molecule has 0 aromatic carbocycles. The van der Waals surface area contributed by atoms with Gasteiger partial charge < -0.3 is 24.4 Å². The molecule has 0 amide bonds. The molecule has 9 heteroatoms. The summed E-state index contributed by atoms with van der Waals surface area (Å²) in [4.78, 5) is 14.3. The van der Waals surface area contributed by atoms with Gasteiger partial charge in [0.05, 0.1) is 6.61 Å². The number of aliphatic hydroxyl groups excluding tert-OH is 2. The molecule has 3 aliphatic rings. The molecule has 5 unspecified atom stereocenters. The summed E-state index contributed by atoms with van der Waals surface area (Å²) in [6.07, 6.45) is 1.67. The Hall–Kier alpha value is -1.38. The molecule has 1 spiro atoms. The minimum Gasteiger partial charge on any atom is -0.462 e. The number of esters is 1. The summed E-state index contributed by atoms with van der Waals surface area (Å²) in [7, 11) is 0. The zero-order chi connectivity index (χ0) is 17.2. The monoisotopic (exact) mass is 341 g/mol. The lowest BCUT2D eigenvalue weighted by molar-refractivity contribution is -0.203. The van der Waals surface area contributed by atoms with Crippen molar-refractivity contribution < 1.29 is 29.2 Å². The fourth-order valence-corrected chi connectivity index (χ4v) is 3.85. The first-order valence-electron chi connectivity index (χ1n) is 8.47. The van der Waals surface area contributed by atoms with Gasteiger partial charge in [0.2, 0.25) is 0 Å². The number of carbonyl (C=O) groups is 1. The van der Waals surface area contributed by atoms with E-state index in [9.17, 15) is 15.0 Å². The van der Waals surface area contributed by atoms with Crippen LogP contribution in [0.15, 0.2) is 5.11 Å². The van der Waals surface area contributed by atoms with Crippen LogP contribution in [0.3, 0.4) is 0 Å². The number of nitrogens with zero attached hydrogens (tertiary/aromatic N) is 3. The number of carbonyl (C=O) groups excluding carboxylic acids is 1. The Balaban J connectivity index is 1.85. The van der Waals surface area contributed by atoms with Crippen molar-refractivity contribution in [3.05, 3.63) is 10.4 Å². The Morgan fingerprint density at radius 1 is 1.29 bits per heavy atom. The van der Waals surface area contributed by atoms with E-state index in [1.807, 2.05) is 0 Å². The highest BCUT2D eigenvalue weighted by Gasteiger charge is 2.54. The van der Waals surface area contributed by atoms with Gasteiger partial charge in [-0.15, -0.1) is 0 Å². The van der Waals surface area contributed by atoms with E-state index in [1.165, 1.54) is 0 Å². The van der Waals surface area contributed by atoms with Crippen molar-refractivity contribution in [2.75, 3.05) is 6.61 Å². The normalized spacial score (nSPS) is 34.6. The molecular formula is C15H23N3O6. The number of azide groups is 1. The van der Waals surface area contributed by atoms with E-state index in [1.54, 1.807) is 0 Å². The molecule has 1 saturated carbocycles. The average Bonchev–Trinajstić information content (AvgIpc) is 3.17. The van der Waals surface area contributed by atoms with Crippen LogP contribution < -0.4 is 0 Å². The van der Waals surface area contributed by atoms with Crippen LogP contribution in [0.1, 0.15) is 44.9 Å². The lowest BCUT2D eigenvalue weighted by atomic mass is 9.94. The first-order valence-corrected chi connectivity index (χ1v) is 8.47. The molecule has 0 aromatic rings. The highest BCUT2D eigenvalue weighted by molar-refractivity contribution is 5.71. The van der Waals surface area contributed by atoms with Gasteiger partial charge in [0.25, 0.3) is 0 Å². The van der Waals surface area contributed by atoms with Crippen LogP contribution in [0, 0.1) is 0 Å². The van der Waals surface area contributed by atoms with Crippen molar-refractivity contribution in [3.63, 3.8) is 0 Å². The number of cyclic esters (lactones) is 1. The van der Waals surface area contributed by atoms with Gasteiger partial charge >= 0.3 is 5.97 Å². The smallest absolute Gasteiger partial charge is 0.306 e. The molecule has 24 heavy (non-hydrogen) atoms. The zero-order valence-corrected chi connectivity index (χ0v) is 13.4. The average molecular weight is 341 g/mol. The van der Waals surface area contributed by atoms with Crippen LogP contribution in [-0.4, -0.2) is 59.0 Å². The molecule has 3 fully saturated rings. The minimum absolute atomic E-state index is 0.258. The summed E-state index contributed by atoms with van der Waals surface area (Å²) >= 11 is 0. The van der Waals surface area contributed by atoms with E-state index in [-0.39, 0.29) is 12.4 Å². The Morgan fingerprint density at radius 2 is 2.00 bits per heavy atom. The topological polar surface area (TPSA) is 134 Å². The molecule has 0 radical (unpaired) electrons. The number of hydrogen-bond donors (Lipinski definition) is 2. The Labute approximate surface area is 139 Å². The SMILES string of the molecule is [N-]=[N+]=NC(C1CCC(=O)O1)C1OC2(CCCCC2)OC1C(O)CO. The first-order chi connectivity index (χ1) is 11.6. The fraction of sp³-hybridized carbons (Fsp3) is 0.933. The summed E-state index contributed by atoms with van der Waals surface area (Å²) in [5.74, 6) is -1.17. The van der Waals surface area contributed by atoms with Crippen molar-refractivity contribution in [1.82, 2.24) is 0 Å². The lowest BCUT2D eigenvalue weighted by Gasteiger charge is -2.32. The highest BCUT2D eigenvalue weighted by atomic mass is 16.8. The van der Waals surface area contributed by atoms with Crippen molar-refractivity contribution in [1.29, 1.82) is 0 Å². The van der Waals surface area contributed by atoms with E-state index >= 15 is 0 Å². The number of rotatable bonds is 5. The molecule has 0 bridgehead atoms. The largest absolute Gasteiger partial charge is 0.462 e. The first kappa shape index (κ1) is 17.4. The Morgan fingerprint density at radius 3 is 2.58 bits per heavy atom. The summed E-state index contributed by atoms with van der Waals surface area (Å²) in [5, 5.41) is 23.3. The Bertz CT molecular complexity index is 517. The van der Waals surface area contributed by atoms with Gasteiger partial charge in [0, 0.05) is 24.2 Å². The van der Waals surface area contributed by atoms with Crippen molar-refractivity contribution in [2.24, 2.45) is 5.11 Å². The molecule has 0 aromatic heterocycles. The second-order valence-electron chi connectivity index (χ2n) is 6.65. The van der Waals surface area contributed by atoms with Crippen molar-refractivity contribution in [3.8, 4) is 0 Å². The predicted octanol–water partition coefficient (Wildman–Crippen LogP) is 1.17. The molecule has 2 N–H and O–H groups in total. The zero-order valence-electron chi connectivity index (χ0n) is 13.4. The summed E-state index contributed by atoms with van der Waals surface area (Å²) in [6, 6.07) is -0.797. The maximum atomic E-state index is 11.4. The highest BCUT2D eigenvalue weighted by Crippen LogP contribution is 2.43. The lowest BCUT2D eigenvalue weighted by Crippen LogP contribution is -2.47. The van der Waals surface area contributed by atoms with Crippen LogP contribution in [0.5, 0.6) is 0 Å². The number of ether oxygens (including phenoxy) is 3. The van der Waals surface area contributed by atoms with E-state index < -0.39 is 42.9 Å². The standard InChI is InChI=1S/C15H23N3O6/c16-18-17-12(10-4-5-11(21)22-10)14-13(9(20)8-19)23-15(24-14)6-2-1-3-7-15/h9-10,12-14,19-20H,1-8H2. The molecule has 9 nitrogen and oxygen atoms in total. The molecule has 2 heterocycles. The van der Waals surface area contributed by atoms with E-state index in [0.29, 0.717) is 19.3 Å². The van der Waals surface area contributed by atoms with Gasteiger partial charge in [-0.1, -0.05) is 11.5 Å². The maximum absolute atomic E-state index is 11.4. The third-order valence-electron chi connectivity index (χ3n) is 5.03. The van der Waals surface area contributed by atoms with Crippen LogP contribution in [0.4, 0.5) is 0 Å². The predicted molar refractivity (Wildman–Crippen MR) is 80.7 cm³/mol.